The van der Waals surface area contributed by atoms with Crippen LogP contribution in [0.4, 0.5) is 14.5 Å². The van der Waals surface area contributed by atoms with Crippen molar-refractivity contribution in [3.05, 3.63) is 158 Å². The van der Waals surface area contributed by atoms with Gasteiger partial charge in [-0.1, -0.05) is 60.7 Å². The van der Waals surface area contributed by atoms with E-state index in [1.807, 2.05) is 18.2 Å². The van der Waals surface area contributed by atoms with Crippen LogP contribution in [0.5, 0.6) is 0 Å². The Hall–Kier alpha value is -7.10. The van der Waals surface area contributed by atoms with Crippen molar-refractivity contribution in [2.45, 2.75) is 0 Å². The average Bonchev–Trinajstić information content (AvgIpc) is 3.55. The number of nitriles is 3. The lowest BCUT2D eigenvalue weighted by Gasteiger charge is -2.18. The number of fused-ring (bicyclic) bond motifs is 4. The normalized spacial score (nSPS) is 14.5. The van der Waals surface area contributed by atoms with Crippen molar-refractivity contribution in [1.29, 1.82) is 15.8 Å². The Morgan fingerprint density at radius 3 is 1.48 bits per heavy atom. The fourth-order valence-corrected chi connectivity index (χ4v) is 6.00. The highest BCUT2D eigenvalue weighted by Gasteiger charge is 2.42. The highest BCUT2D eigenvalue weighted by atomic mass is 19.1. The Morgan fingerprint density at radius 2 is 1.00 bits per heavy atom. The van der Waals surface area contributed by atoms with Crippen LogP contribution in [0.1, 0.15) is 27.8 Å². The minimum absolute atomic E-state index is 0.219. The molecule has 0 radical (unpaired) electrons. The fourth-order valence-electron chi connectivity index (χ4n) is 6.00. The zero-order chi connectivity index (χ0) is 31.1. The van der Waals surface area contributed by atoms with E-state index in [1.165, 1.54) is 18.2 Å². The first-order valence-electron chi connectivity index (χ1n) is 12.9. The highest BCUT2D eigenvalue weighted by molar-refractivity contribution is 6.39. The number of hydrogen-bond acceptors (Lipinski definition) is 3. The molecule has 0 unspecified atom stereocenters. The van der Waals surface area contributed by atoms with Gasteiger partial charge in [0.15, 0.2) is 0 Å². The molecule has 0 aromatic heterocycles. The number of halogens is 2. The summed E-state index contributed by atoms with van der Waals surface area (Å²) in [7, 11) is 0. The van der Waals surface area contributed by atoms with Gasteiger partial charge >= 0.3 is 0 Å². The van der Waals surface area contributed by atoms with Gasteiger partial charge in [-0.25, -0.2) is 33.8 Å². The maximum Gasteiger partial charge on any atom is 0.270 e. The molecule has 0 saturated carbocycles. The standard InChI is InChI=1S/C36H12F2N6/c1-42-28(17-40)32-23-12-4-9-20(19-8-6-14-26(37)25(19)16-39)30(23)34-33(29(18-41)43-2)24-13-5-10-21(31(24)35(32)34)22-11-7-15-27(38)36(22)44-3/h4-15H/b32-28-,33-29+. The van der Waals surface area contributed by atoms with Gasteiger partial charge in [-0.15, -0.1) is 0 Å². The second-order valence-electron chi connectivity index (χ2n) is 9.62. The van der Waals surface area contributed by atoms with E-state index in [1.54, 1.807) is 48.5 Å². The van der Waals surface area contributed by atoms with Crippen molar-refractivity contribution < 1.29 is 8.78 Å². The van der Waals surface area contributed by atoms with Crippen molar-refractivity contribution in [3.63, 3.8) is 0 Å². The van der Waals surface area contributed by atoms with E-state index in [4.69, 9.17) is 19.7 Å². The molecule has 8 heteroatoms. The lowest BCUT2D eigenvalue weighted by atomic mass is 9.84. The number of benzene rings is 4. The fraction of sp³-hybridized carbons (Fsp3) is 0. The van der Waals surface area contributed by atoms with Gasteiger partial charge in [0.2, 0.25) is 5.69 Å². The van der Waals surface area contributed by atoms with E-state index in [0.29, 0.717) is 44.5 Å². The van der Waals surface area contributed by atoms with Crippen LogP contribution in [0, 0.1) is 65.3 Å². The SMILES string of the molecule is [C-]#[N+]/C(C#N)=C1C2=C(/C(=C(\C#N)[N+]#[C-])c3cccc(-c4cccc(F)c4[N+]#[C-])c32)c2c\1cccc2-c1cccc(F)c1C#N. The van der Waals surface area contributed by atoms with Crippen LogP contribution in [0.2, 0.25) is 0 Å². The van der Waals surface area contributed by atoms with Crippen molar-refractivity contribution in [3.8, 4) is 40.5 Å². The Bertz CT molecular complexity index is 2170. The Kier molecular flexibility index (Phi) is 6.39. The van der Waals surface area contributed by atoms with E-state index in [0.717, 1.165) is 6.07 Å². The monoisotopic (exact) mass is 566 g/mol. The maximum atomic E-state index is 14.9. The summed E-state index contributed by atoms with van der Waals surface area (Å²) in [6.07, 6.45) is 0. The predicted molar refractivity (Wildman–Crippen MR) is 160 cm³/mol. The van der Waals surface area contributed by atoms with Gasteiger partial charge in [-0.3, -0.25) is 0 Å². The first kappa shape index (κ1) is 27.1. The van der Waals surface area contributed by atoms with Crippen LogP contribution in [-0.2, 0) is 0 Å². The molecule has 4 aromatic carbocycles. The van der Waals surface area contributed by atoms with Crippen LogP contribution >= 0.6 is 0 Å². The van der Waals surface area contributed by atoms with E-state index < -0.39 is 11.6 Å². The lowest BCUT2D eigenvalue weighted by molar-refractivity contribution is 0.624. The first-order chi connectivity index (χ1) is 21.4. The molecule has 0 amide bonds. The molecule has 44 heavy (non-hydrogen) atoms. The second kappa shape index (κ2) is 10.4. The number of allylic oxidation sites excluding steroid dienone is 6. The third-order valence-corrected chi connectivity index (χ3v) is 7.63. The van der Waals surface area contributed by atoms with Crippen LogP contribution < -0.4 is 0 Å². The van der Waals surface area contributed by atoms with Crippen molar-refractivity contribution in [2.24, 2.45) is 0 Å². The summed E-state index contributed by atoms with van der Waals surface area (Å²) in [4.78, 5) is 10.4. The van der Waals surface area contributed by atoms with Gasteiger partial charge in [0.25, 0.3) is 11.4 Å². The third-order valence-electron chi connectivity index (χ3n) is 7.63. The van der Waals surface area contributed by atoms with Gasteiger partial charge in [0.1, 0.15) is 17.7 Å². The van der Waals surface area contributed by atoms with Gasteiger partial charge in [0.05, 0.1) is 37.4 Å². The molecule has 0 heterocycles. The molecule has 2 aliphatic carbocycles. The van der Waals surface area contributed by atoms with Crippen molar-refractivity contribution >= 4 is 28.0 Å². The molecular formula is C36H12F2N6. The summed E-state index contributed by atoms with van der Waals surface area (Å²) >= 11 is 0. The molecule has 6 rings (SSSR count). The zero-order valence-corrected chi connectivity index (χ0v) is 22.4. The van der Waals surface area contributed by atoms with Crippen LogP contribution in [-0.4, -0.2) is 0 Å². The molecule has 0 atom stereocenters. The minimum atomic E-state index is -0.742. The molecule has 6 nitrogen and oxygen atoms in total. The topological polar surface area (TPSA) is 84.4 Å². The summed E-state index contributed by atoms with van der Waals surface area (Å²) in [5.41, 5.74) is 3.07. The largest absolute Gasteiger partial charge is 0.270 e. The molecule has 0 saturated heterocycles. The summed E-state index contributed by atoms with van der Waals surface area (Å²) < 4.78 is 29.7. The smallest absolute Gasteiger partial charge is 0.234 e. The number of hydrogen-bond donors (Lipinski definition) is 0. The van der Waals surface area contributed by atoms with Gasteiger partial charge in [0, 0.05) is 16.7 Å². The Balaban J connectivity index is 1.87. The molecular weight excluding hydrogens is 554 g/mol. The summed E-state index contributed by atoms with van der Waals surface area (Å²) in [5.74, 6) is -1.48. The molecule has 0 spiro atoms. The average molecular weight is 567 g/mol. The molecule has 0 fully saturated rings. The quantitative estimate of drug-likeness (QED) is 0.179. The number of rotatable bonds is 2. The zero-order valence-electron chi connectivity index (χ0n) is 22.4. The molecule has 0 N–H and O–H groups in total. The maximum absolute atomic E-state index is 14.9. The van der Waals surface area contributed by atoms with E-state index in [2.05, 4.69) is 14.5 Å². The molecule has 4 aromatic rings. The summed E-state index contributed by atoms with van der Waals surface area (Å²) in [5, 5.41) is 30.1. The lowest BCUT2D eigenvalue weighted by Crippen LogP contribution is -1.99. The Morgan fingerprint density at radius 1 is 0.568 bits per heavy atom. The van der Waals surface area contributed by atoms with Crippen LogP contribution in [0.3, 0.4) is 0 Å². The van der Waals surface area contributed by atoms with Gasteiger partial charge < -0.3 is 0 Å². The van der Waals surface area contributed by atoms with E-state index in [-0.39, 0.29) is 44.9 Å². The van der Waals surface area contributed by atoms with E-state index >= 15 is 0 Å². The van der Waals surface area contributed by atoms with Crippen LogP contribution in [0.25, 0.3) is 59.1 Å². The second-order valence-corrected chi connectivity index (χ2v) is 9.62. The van der Waals surface area contributed by atoms with Gasteiger partial charge in [-0.05, 0) is 62.2 Å². The first-order valence-corrected chi connectivity index (χ1v) is 12.9. The minimum Gasteiger partial charge on any atom is -0.234 e. The van der Waals surface area contributed by atoms with Gasteiger partial charge in [-0.2, -0.15) is 5.26 Å². The highest BCUT2D eigenvalue weighted by Crippen LogP contribution is 2.63. The molecule has 200 valence electrons. The number of nitrogens with zero attached hydrogens (tertiary/aromatic N) is 6. The van der Waals surface area contributed by atoms with E-state index in [9.17, 15) is 24.6 Å². The summed E-state index contributed by atoms with van der Waals surface area (Å²) in [6, 6.07) is 24.3. The molecule has 2 aliphatic rings. The van der Waals surface area contributed by atoms with Crippen molar-refractivity contribution in [1.82, 2.24) is 0 Å². The Labute approximate surface area is 250 Å². The summed E-state index contributed by atoms with van der Waals surface area (Å²) in [6.45, 7) is 23.4. The van der Waals surface area contributed by atoms with Crippen molar-refractivity contribution in [2.75, 3.05) is 0 Å². The van der Waals surface area contributed by atoms with Crippen LogP contribution in [0.15, 0.2) is 84.2 Å². The predicted octanol–water partition coefficient (Wildman–Crippen LogP) is 8.97. The third kappa shape index (κ3) is 3.64. The molecule has 0 bridgehead atoms. The molecule has 0 aliphatic heterocycles. The number of para-hydroxylation sites is 1.